The molecule has 0 bridgehead atoms. The van der Waals surface area contributed by atoms with Crippen molar-refractivity contribution in [1.29, 1.82) is 0 Å². The lowest BCUT2D eigenvalue weighted by atomic mass is 10.1. The first-order chi connectivity index (χ1) is 12.6. The number of carbonyl (C=O) groups is 1. The topological polar surface area (TPSA) is 97.0 Å². The molecule has 138 valence electrons. The van der Waals surface area contributed by atoms with E-state index in [4.69, 9.17) is 5.73 Å². The number of rotatable bonds is 6. The highest BCUT2D eigenvalue weighted by atomic mass is 32.2. The summed E-state index contributed by atoms with van der Waals surface area (Å²) in [5.41, 5.74) is 6.72. The van der Waals surface area contributed by atoms with Gasteiger partial charge in [-0.2, -0.15) is 15.0 Å². The predicted octanol–water partition coefficient (Wildman–Crippen LogP) is 3.00. The fourth-order valence-electron chi connectivity index (χ4n) is 2.80. The maximum Gasteiger partial charge on any atom is 0.232 e. The third-order valence-electron chi connectivity index (χ3n) is 4.23. The van der Waals surface area contributed by atoms with Crippen LogP contribution < -0.4 is 11.1 Å². The van der Waals surface area contributed by atoms with E-state index in [0.29, 0.717) is 17.5 Å². The molecule has 7 nitrogen and oxygen atoms in total. The van der Waals surface area contributed by atoms with Crippen molar-refractivity contribution in [3.05, 3.63) is 36.2 Å². The minimum absolute atomic E-state index is 0.0506. The second-order valence-corrected chi connectivity index (χ2v) is 7.59. The van der Waals surface area contributed by atoms with Crippen LogP contribution in [0.2, 0.25) is 0 Å². The van der Waals surface area contributed by atoms with Gasteiger partial charge >= 0.3 is 0 Å². The van der Waals surface area contributed by atoms with Gasteiger partial charge in [-0.05, 0) is 38.3 Å². The van der Waals surface area contributed by atoms with Crippen molar-refractivity contribution in [2.75, 3.05) is 29.9 Å². The molecular weight excluding hydrogens is 348 g/mol. The zero-order chi connectivity index (χ0) is 18.4. The molecule has 3 rings (SSSR count). The van der Waals surface area contributed by atoms with E-state index in [1.807, 2.05) is 42.2 Å². The molecule has 1 saturated heterocycles. The van der Waals surface area contributed by atoms with E-state index >= 15 is 0 Å². The highest BCUT2D eigenvalue weighted by Crippen LogP contribution is 2.27. The molecule has 0 aliphatic carbocycles. The van der Waals surface area contributed by atoms with Gasteiger partial charge in [0.25, 0.3) is 0 Å². The first-order valence-electron chi connectivity index (χ1n) is 8.85. The molecule has 1 atom stereocenters. The molecule has 2 aromatic rings. The molecule has 1 aromatic carbocycles. The number of aromatic nitrogens is 3. The molecule has 1 fully saturated rings. The van der Waals surface area contributed by atoms with Gasteiger partial charge in [-0.1, -0.05) is 18.2 Å². The van der Waals surface area contributed by atoms with Gasteiger partial charge in [0, 0.05) is 18.8 Å². The third-order valence-corrected chi connectivity index (χ3v) is 5.35. The number of benzene rings is 1. The average molecular weight is 372 g/mol. The van der Waals surface area contributed by atoms with Gasteiger partial charge in [0.15, 0.2) is 0 Å². The fraction of sp³-hybridized carbons (Fsp3) is 0.444. The summed E-state index contributed by atoms with van der Waals surface area (Å²) in [6, 6.07) is 9.65. The number of piperidine rings is 1. The molecule has 1 aliphatic rings. The number of hydrogen-bond donors (Lipinski definition) is 2. The van der Waals surface area contributed by atoms with Crippen LogP contribution in [0.25, 0.3) is 0 Å². The number of hydrogen-bond acceptors (Lipinski definition) is 7. The standard InChI is InChI=1S/C18H24N6OS/c1-13(26-12-15(25)24-10-6-3-7-11-24)16-21-17(19)23-18(22-16)20-14-8-4-2-5-9-14/h2,4-5,8-9,13H,3,6-7,10-12H2,1H3,(H3,19,20,21,22,23). The highest BCUT2D eigenvalue weighted by Gasteiger charge is 2.19. The Morgan fingerprint density at radius 1 is 1.19 bits per heavy atom. The SMILES string of the molecule is CC(SCC(=O)N1CCCCC1)c1nc(N)nc(Nc2ccccc2)n1. The van der Waals surface area contributed by atoms with Crippen LogP contribution in [-0.2, 0) is 4.79 Å². The largest absolute Gasteiger partial charge is 0.368 e. The Bertz CT molecular complexity index is 736. The van der Waals surface area contributed by atoms with Crippen molar-refractivity contribution < 1.29 is 4.79 Å². The summed E-state index contributed by atoms with van der Waals surface area (Å²) in [6.45, 7) is 3.73. The van der Waals surface area contributed by atoms with Crippen molar-refractivity contribution in [3.8, 4) is 0 Å². The van der Waals surface area contributed by atoms with E-state index in [1.54, 1.807) is 0 Å². The minimum Gasteiger partial charge on any atom is -0.368 e. The molecule has 2 heterocycles. The summed E-state index contributed by atoms with van der Waals surface area (Å²) in [5, 5.41) is 3.08. The van der Waals surface area contributed by atoms with Crippen LogP contribution >= 0.6 is 11.8 Å². The van der Waals surface area contributed by atoms with E-state index in [2.05, 4.69) is 20.3 Å². The summed E-state index contributed by atoms with van der Waals surface area (Å²) in [6.07, 6.45) is 3.42. The van der Waals surface area contributed by atoms with Crippen molar-refractivity contribution in [3.63, 3.8) is 0 Å². The van der Waals surface area contributed by atoms with Gasteiger partial charge < -0.3 is 16.0 Å². The maximum atomic E-state index is 12.3. The Labute approximate surface area is 157 Å². The van der Waals surface area contributed by atoms with Crippen molar-refractivity contribution in [2.45, 2.75) is 31.4 Å². The van der Waals surface area contributed by atoms with E-state index in [0.717, 1.165) is 31.6 Å². The molecule has 1 aliphatic heterocycles. The molecular formula is C18H24N6OS. The molecule has 3 N–H and O–H groups in total. The Hall–Kier alpha value is -2.35. The fourth-order valence-corrected chi connectivity index (χ4v) is 3.63. The number of amides is 1. The Kier molecular flexibility index (Phi) is 6.27. The maximum absolute atomic E-state index is 12.3. The van der Waals surface area contributed by atoms with Crippen LogP contribution in [0.4, 0.5) is 17.6 Å². The van der Waals surface area contributed by atoms with E-state index in [1.165, 1.54) is 18.2 Å². The number of nitrogens with one attached hydrogen (secondary N) is 1. The second kappa shape index (κ2) is 8.84. The Morgan fingerprint density at radius 2 is 1.92 bits per heavy atom. The summed E-state index contributed by atoms with van der Waals surface area (Å²) in [5.74, 6) is 1.77. The van der Waals surface area contributed by atoms with Crippen molar-refractivity contribution in [2.24, 2.45) is 0 Å². The zero-order valence-corrected chi connectivity index (χ0v) is 15.7. The van der Waals surface area contributed by atoms with Gasteiger partial charge in [-0.3, -0.25) is 4.79 Å². The van der Waals surface area contributed by atoms with Crippen LogP contribution in [0.1, 0.15) is 37.3 Å². The number of carbonyl (C=O) groups excluding carboxylic acids is 1. The first-order valence-corrected chi connectivity index (χ1v) is 9.89. The van der Waals surface area contributed by atoms with E-state index < -0.39 is 0 Å². The smallest absolute Gasteiger partial charge is 0.232 e. The van der Waals surface area contributed by atoms with Gasteiger partial charge in [0.1, 0.15) is 5.82 Å². The quantitative estimate of drug-likeness (QED) is 0.804. The molecule has 26 heavy (non-hydrogen) atoms. The number of nitrogens with two attached hydrogens (primary N) is 1. The number of anilines is 3. The number of nitrogen functional groups attached to an aromatic ring is 1. The van der Waals surface area contributed by atoms with E-state index in [9.17, 15) is 4.79 Å². The average Bonchev–Trinajstić information content (AvgIpc) is 2.67. The normalized spacial score (nSPS) is 15.5. The van der Waals surface area contributed by atoms with Crippen LogP contribution in [0.3, 0.4) is 0 Å². The molecule has 1 unspecified atom stereocenters. The highest BCUT2D eigenvalue weighted by molar-refractivity contribution is 8.00. The van der Waals surface area contributed by atoms with Crippen molar-refractivity contribution in [1.82, 2.24) is 19.9 Å². The molecule has 0 radical (unpaired) electrons. The van der Waals surface area contributed by atoms with E-state index in [-0.39, 0.29) is 17.1 Å². The zero-order valence-electron chi connectivity index (χ0n) is 14.9. The molecule has 8 heteroatoms. The number of likely N-dealkylation sites (tertiary alicyclic amines) is 1. The summed E-state index contributed by atoms with van der Waals surface area (Å²) >= 11 is 1.53. The molecule has 1 amide bonds. The second-order valence-electron chi connectivity index (χ2n) is 6.26. The van der Waals surface area contributed by atoms with Gasteiger partial charge in [0.2, 0.25) is 17.8 Å². The summed E-state index contributed by atoms with van der Waals surface area (Å²) < 4.78 is 0. The monoisotopic (exact) mass is 372 g/mol. The Balaban J connectivity index is 1.61. The van der Waals surface area contributed by atoms with Crippen LogP contribution in [0.15, 0.2) is 30.3 Å². The lowest BCUT2D eigenvalue weighted by Crippen LogP contribution is -2.36. The van der Waals surface area contributed by atoms with Gasteiger partial charge in [0.05, 0.1) is 11.0 Å². The third kappa shape index (κ3) is 5.08. The van der Waals surface area contributed by atoms with Crippen LogP contribution in [0, 0.1) is 0 Å². The number of para-hydroxylation sites is 1. The number of nitrogens with zero attached hydrogens (tertiary/aromatic N) is 4. The minimum atomic E-state index is -0.0506. The van der Waals surface area contributed by atoms with Crippen LogP contribution in [0.5, 0.6) is 0 Å². The summed E-state index contributed by atoms with van der Waals surface area (Å²) in [4.78, 5) is 27.1. The first kappa shape index (κ1) is 18.4. The van der Waals surface area contributed by atoms with Crippen LogP contribution in [-0.4, -0.2) is 44.6 Å². The molecule has 0 saturated carbocycles. The lowest BCUT2D eigenvalue weighted by molar-refractivity contribution is -0.129. The number of thioether (sulfide) groups is 1. The van der Waals surface area contributed by atoms with Gasteiger partial charge in [-0.15, -0.1) is 11.8 Å². The lowest BCUT2D eigenvalue weighted by Gasteiger charge is -2.26. The predicted molar refractivity (Wildman–Crippen MR) is 105 cm³/mol. The summed E-state index contributed by atoms with van der Waals surface area (Å²) in [7, 11) is 0. The van der Waals surface area contributed by atoms with Crippen molar-refractivity contribution >= 4 is 35.3 Å². The van der Waals surface area contributed by atoms with Gasteiger partial charge in [-0.25, -0.2) is 0 Å². The molecule has 0 spiro atoms. The molecule has 1 aromatic heterocycles. The Morgan fingerprint density at radius 3 is 2.65 bits per heavy atom.